The van der Waals surface area contributed by atoms with E-state index in [1.165, 1.54) is 161 Å². The summed E-state index contributed by atoms with van der Waals surface area (Å²) in [7, 11) is 0. The first-order chi connectivity index (χ1) is 42.9. The maximum Gasteiger partial charge on any atom is 0.364 e. The zero-order chi connectivity index (χ0) is 65.4. The number of carboxylic acid groups (broad SMARTS) is 1. The lowest BCUT2D eigenvalue weighted by molar-refractivity contribution is -0.386. The normalized spacial score (nSPS) is 28.8. The van der Waals surface area contributed by atoms with Crippen molar-refractivity contribution in [2.24, 2.45) is 0 Å². The highest BCUT2D eigenvalue weighted by molar-refractivity contribution is 5.77. The number of carboxylic acids is 1. The lowest BCUT2D eigenvalue weighted by atomic mass is 9.88. The average Bonchev–Trinajstić information content (AvgIpc) is 1.02. The van der Waals surface area contributed by atoms with E-state index in [9.17, 15) is 75.7 Å². The number of carbonyl (C=O) groups is 3. The summed E-state index contributed by atoms with van der Waals surface area (Å²) in [4.78, 5) is 38.5. The minimum atomic E-state index is -3.08. The molecule has 0 radical (unpaired) electrons. The van der Waals surface area contributed by atoms with E-state index in [-0.39, 0.29) is 12.3 Å². The van der Waals surface area contributed by atoms with Crippen LogP contribution in [0.5, 0.6) is 0 Å². The van der Waals surface area contributed by atoms with Gasteiger partial charge in [0.05, 0.1) is 50.7 Å². The largest absolute Gasteiger partial charge is 0.477 e. The fourth-order valence-electron chi connectivity index (χ4n) is 12.2. The van der Waals surface area contributed by atoms with E-state index >= 15 is 0 Å². The average molecular weight is 1280 g/mol. The molecule has 18 atom stereocenters. The highest BCUT2D eigenvalue weighted by Gasteiger charge is 2.60. The van der Waals surface area contributed by atoms with Crippen LogP contribution in [0.1, 0.15) is 252 Å². The van der Waals surface area contributed by atoms with Gasteiger partial charge < -0.3 is 100 Å². The molecule has 18 unspecified atom stereocenters. The van der Waals surface area contributed by atoms with Crippen molar-refractivity contribution in [1.29, 1.82) is 0 Å². The molecule has 3 aliphatic rings. The molecule has 23 heteroatoms. The van der Waals surface area contributed by atoms with Crippen molar-refractivity contribution in [2.75, 3.05) is 26.4 Å². The van der Waals surface area contributed by atoms with Gasteiger partial charge in [-0.2, -0.15) is 0 Å². The summed E-state index contributed by atoms with van der Waals surface area (Å²) in [5.74, 6) is -6.14. The summed E-state index contributed by atoms with van der Waals surface area (Å²) in [6, 6.07) is -2.61. The Hall–Kier alpha value is -2.53. The molecule has 522 valence electrons. The van der Waals surface area contributed by atoms with Gasteiger partial charge >= 0.3 is 5.97 Å². The van der Waals surface area contributed by atoms with Gasteiger partial charge in [0, 0.05) is 19.8 Å². The Balaban J connectivity index is 1.60. The van der Waals surface area contributed by atoms with Crippen molar-refractivity contribution < 1.29 is 104 Å². The predicted molar refractivity (Wildman–Crippen MR) is 334 cm³/mol. The first-order valence-corrected chi connectivity index (χ1v) is 34.6. The minimum absolute atomic E-state index is 0.204. The van der Waals surface area contributed by atoms with Crippen molar-refractivity contribution in [3.8, 4) is 0 Å². The molecule has 0 aromatic rings. The van der Waals surface area contributed by atoms with Crippen LogP contribution < -0.4 is 10.6 Å². The van der Waals surface area contributed by atoms with E-state index in [0.29, 0.717) is 12.8 Å². The molecule has 0 saturated carbocycles. The Labute approximate surface area is 531 Å². The van der Waals surface area contributed by atoms with Crippen molar-refractivity contribution >= 4 is 17.8 Å². The third kappa shape index (κ3) is 30.2. The zero-order valence-corrected chi connectivity index (χ0v) is 54.3. The number of aliphatic carboxylic acids is 1. The summed E-state index contributed by atoms with van der Waals surface area (Å²) in [6.07, 6.45) is 15.5. The summed E-state index contributed by atoms with van der Waals surface area (Å²) < 4.78 is 34.8. The molecule has 3 saturated heterocycles. The molecule has 14 N–H and O–H groups in total. The second kappa shape index (κ2) is 47.4. The molecule has 3 rings (SSSR count). The fourth-order valence-corrected chi connectivity index (χ4v) is 12.2. The summed E-state index contributed by atoms with van der Waals surface area (Å²) >= 11 is 0. The van der Waals surface area contributed by atoms with Crippen molar-refractivity contribution in [3.05, 3.63) is 12.2 Å². The van der Waals surface area contributed by atoms with Crippen molar-refractivity contribution in [1.82, 2.24) is 10.6 Å². The number of rotatable bonds is 52. The van der Waals surface area contributed by atoms with Crippen LogP contribution in [0.15, 0.2) is 12.2 Å². The third-order valence-electron chi connectivity index (χ3n) is 17.7. The van der Waals surface area contributed by atoms with Crippen LogP contribution in [0.2, 0.25) is 0 Å². The molecule has 89 heavy (non-hydrogen) atoms. The molecule has 3 heterocycles. The number of ether oxygens (including phenoxy) is 6. The van der Waals surface area contributed by atoms with Gasteiger partial charge in [-0.3, -0.25) is 9.59 Å². The first-order valence-electron chi connectivity index (χ1n) is 34.6. The molecule has 2 amide bonds. The molecular formula is C66H122N2O21. The fraction of sp³-hybridized carbons (Fsp3) is 0.924. The lowest BCUT2D eigenvalue weighted by Crippen LogP contribution is -2.70. The smallest absolute Gasteiger partial charge is 0.364 e. The second-order valence-corrected chi connectivity index (χ2v) is 25.4. The Kier molecular flexibility index (Phi) is 43.0. The van der Waals surface area contributed by atoms with Gasteiger partial charge in [-0.05, 0) is 19.3 Å². The standard InChI is InChI=1S/C66H122N2O21/c1-4-6-8-10-12-14-16-18-19-20-21-22-23-24-25-26-28-29-31-33-35-37-39-48(73)47(68-53(76)40-38-36-34-32-30-27-17-15-13-11-9-7-5-2)45-84-63-58(80)57(79)60(52(44-71)86-63)87-64-59(81)62(56(78)51(43-70)85-64)89-66(65(82)83)41-49(74)54(67-46(3)72)61(88-66)55(77)50(75)42-69/h37,39,47-52,54-64,69-71,73-75,77-81H,4-36,38,40-45H2,1-3H3,(H,67,72)(H,68,76)(H,82,83)/b39-37+. The number of amides is 2. The van der Waals surface area contributed by atoms with E-state index in [4.69, 9.17) is 28.4 Å². The van der Waals surface area contributed by atoms with Gasteiger partial charge in [0.25, 0.3) is 5.79 Å². The number of allylic oxidation sites excluding steroid dienone is 1. The number of aliphatic hydroxyl groups excluding tert-OH is 11. The Morgan fingerprint density at radius 2 is 1.04 bits per heavy atom. The molecule has 0 aromatic carbocycles. The quantitative estimate of drug-likeness (QED) is 0.0249. The molecular weight excluding hydrogens is 1160 g/mol. The second-order valence-electron chi connectivity index (χ2n) is 25.4. The van der Waals surface area contributed by atoms with Crippen molar-refractivity contribution in [3.63, 3.8) is 0 Å². The molecule has 0 bridgehead atoms. The van der Waals surface area contributed by atoms with Crippen LogP contribution in [0.25, 0.3) is 0 Å². The van der Waals surface area contributed by atoms with E-state index < -0.39 is 155 Å². The van der Waals surface area contributed by atoms with Gasteiger partial charge in [0.1, 0.15) is 67.1 Å². The van der Waals surface area contributed by atoms with Gasteiger partial charge in [0.15, 0.2) is 12.6 Å². The van der Waals surface area contributed by atoms with Crippen LogP contribution in [-0.2, 0) is 42.8 Å². The molecule has 23 nitrogen and oxygen atoms in total. The highest BCUT2D eigenvalue weighted by Crippen LogP contribution is 2.39. The monoisotopic (exact) mass is 1280 g/mol. The number of carbonyl (C=O) groups excluding carboxylic acids is 2. The zero-order valence-electron chi connectivity index (χ0n) is 54.3. The van der Waals surface area contributed by atoms with Crippen molar-refractivity contribution in [2.45, 2.75) is 362 Å². The highest BCUT2D eigenvalue weighted by atomic mass is 16.8. The number of hydrogen-bond donors (Lipinski definition) is 14. The van der Waals surface area contributed by atoms with Gasteiger partial charge in [0.2, 0.25) is 11.8 Å². The summed E-state index contributed by atoms with van der Waals surface area (Å²) in [5, 5.41) is 136. The van der Waals surface area contributed by atoms with E-state index in [2.05, 4.69) is 24.5 Å². The lowest BCUT2D eigenvalue weighted by Gasteiger charge is -2.50. The van der Waals surface area contributed by atoms with E-state index in [0.717, 1.165) is 51.9 Å². The molecule has 3 fully saturated rings. The molecule has 0 spiro atoms. The Morgan fingerprint density at radius 1 is 0.584 bits per heavy atom. The molecule has 3 aliphatic heterocycles. The Morgan fingerprint density at radius 3 is 1.49 bits per heavy atom. The van der Waals surface area contributed by atoms with Crippen LogP contribution in [-0.4, -0.2) is 215 Å². The van der Waals surface area contributed by atoms with Crippen LogP contribution in [0.4, 0.5) is 0 Å². The number of hydrogen-bond acceptors (Lipinski definition) is 20. The SMILES string of the molecule is CCCCCCCCCCCCCCCCCCCCCC/C=C/C(O)C(COC1OC(CO)C(OC2OC(CO)C(O)C(OC3(C(=O)O)CC(O)C(NC(C)=O)C(C(O)C(O)CO)O3)C2O)C(O)C1O)NC(=O)CCCCCCCCCCCCCCC. The number of aliphatic hydroxyl groups is 11. The van der Waals surface area contributed by atoms with Gasteiger partial charge in [-0.15, -0.1) is 0 Å². The maximum absolute atomic E-state index is 13.4. The van der Waals surface area contributed by atoms with Crippen LogP contribution >= 0.6 is 0 Å². The molecule has 0 aliphatic carbocycles. The minimum Gasteiger partial charge on any atom is -0.477 e. The van der Waals surface area contributed by atoms with E-state index in [1.807, 2.05) is 6.08 Å². The maximum atomic E-state index is 13.4. The van der Waals surface area contributed by atoms with E-state index in [1.54, 1.807) is 6.08 Å². The van der Waals surface area contributed by atoms with Crippen LogP contribution in [0.3, 0.4) is 0 Å². The topological polar surface area (TPSA) is 373 Å². The van der Waals surface area contributed by atoms with Gasteiger partial charge in [-0.1, -0.05) is 225 Å². The summed E-state index contributed by atoms with van der Waals surface area (Å²) in [6.45, 7) is 2.14. The third-order valence-corrected chi connectivity index (χ3v) is 17.7. The Bertz CT molecular complexity index is 1860. The summed E-state index contributed by atoms with van der Waals surface area (Å²) in [5.41, 5.74) is 0. The van der Waals surface area contributed by atoms with Gasteiger partial charge in [-0.25, -0.2) is 4.79 Å². The number of nitrogens with one attached hydrogen (secondary N) is 2. The van der Waals surface area contributed by atoms with Crippen LogP contribution in [0, 0.1) is 0 Å². The predicted octanol–water partition coefficient (Wildman–Crippen LogP) is 5.90. The number of unbranched alkanes of at least 4 members (excludes halogenated alkanes) is 32. The molecule has 0 aromatic heterocycles. The first kappa shape index (κ1) is 80.7.